The zero-order valence-electron chi connectivity index (χ0n) is 8.04. The number of pyridine rings is 1. The summed E-state index contributed by atoms with van der Waals surface area (Å²) in [7, 11) is 0. The first kappa shape index (κ1) is 11.6. The number of aromatic nitrogens is 1. The van der Waals surface area contributed by atoms with E-state index in [1.807, 2.05) is 0 Å². The topological polar surface area (TPSA) is 68.2 Å². The first-order valence-electron chi connectivity index (χ1n) is 4.12. The van der Waals surface area contributed by atoms with Gasteiger partial charge in [0.1, 0.15) is 6.54 Å². The Labute approximate surface area is 84.7 Å². The zero-order valence-corrected chi connectivity index (χ0v) is 8.04. The third-order valence-corrected chi connectivity index (χ3v) is 1.67. The Hall–Kier alpha value is -1.50. The lowest BCUT2D eigenvalue weighted by Gasteiger charge is -2.20. The highest BCUT2D eigenvalue weighted by molar-refractivity contribution is 5.62. The van der Waals surface area contributed by atoms with Gasteiger partial charge in [0.15, 0.2) is 5.82 Å². The number of hydrogen-bond acceptors (Lipinski definition) is 4. The predicted octanol–water partition coefficient (Wildman–Crippen LogP) is 1.21. The molecule has 0 saturated heterocycles. The standard InChI is InChI=1S/C8H11F3N4/c1-5-2-3-6(12)7(14-5)15(13)4-8(9,10)11/h2-3H,4,12-13H2,1H3. The van der Waals surface area contributed by atoms with Crippen molar-refractivity contribution in [2.24, 2.45) is 5.84 Å². The molecular weight excluding hydrogens is 209 g/mol. The number of anilines is 2. The van der Waals surface area contributed by atoms with Crippen LogP contribution in [-0.2, 0) is 0 Å². The van der Waals surface area contributed by atoms with Crippen LogP contribution < -0.4 is 16.6 Å². The molecule has 15 heavy (non-hydrogen) atoms. The van der Waals surface area contributed by atoms with E-state index >= 15 is 0 Å². The molecule has 0 spiro atoms. The summed E-state index contributed by atoms with van der Waals surface area (Å²) in [6.45, 7) is 0.359. The molecule has 1 heterocycles. The molecule has 84 valence electrons. The Balaban J connectivity index is 2.90. The van der Waals surface area contributed by atoms with Crippen LogP contribution in [0.25, 0.3) is 0 Å². The minimum Gasteiger partial charge on any atom is -0.396 e. The lowest BCUT2D eigenvalue weighted by Crippen LogP contribution is -2.40. The minimum absolute atomic E-state index is 0.0627. The maximum absolute atomic E-state index is 12.0. The Morgan fingerprint density at radius 2 is 2.00 bits per heavy atom. The van der Waals surface area contributed by atoms with Crippen molar-refractivity contribution < 1.29 is 13.2 Å². The molecule has 0 aliphatic rings. The van der Waals surface area contributed by atoms with Crippen LogP contribution in [0.3, 0.4) is 0 Å². The number of halogens is 3. The SMILES string of the molecule is Cc1ccc(N)c(N(N)CC(F)(F)F)n1. The third kappa shape index (κ3) is 3.28. The lowest BCUT2D eigenvalue weighted by molar-refractivity contribution is -0.119. The number of nitrogen functional groups attached to an aromatic ring is 1. The van der Waals surface area contributed by atoms with E-state index in [0.29, 0.717) is 10.7 Å². The quantitative estimate of drug-likeness (QED) is 0.580. The Morgan fingerprint density at radius 1 is 1.40 bits per heavy atom. The number of nitrogens with two attached hydrogens (primary N) is 2. The van der Waals surface area contributed by atoms with E-state index in [1.54, 1.807) is 13.0 Å². The van der Waals surface area contributed by atoms with Gasteiger partial charge in [-0.3, -0.25) is 5.01 Å². The number of alkyl halides is 3. The number of rotatable bonds is 2. The maximum atomic E-state index is 12.0. The molecule has 0 unspecified atom stereocenters. The fourth-order valence-electron chi connectivity index (χ4n) is 1.05. The second-order valence-electron chi connectivity index (χ2n) is 3.11. The van der Waals surface area contributed by atoms with Gasteiger partial charge in [-0.2, -0.15) is 13.2 Å². The summed E-state index contributed by atoms with van der Waals surface area (Å²) in [5.41, 5.74) is 6.13. The Kier molecular flexibility index (Phi) is 3.04. The van der Waals surface area contributed by atoms with E-state index in [2.05, 4.69) is 4.98 Å². The zero-order chi connectivity index (χ0) is 11.6. The summed E-state index contributed by atoms with van der Waals surface area (Å²) >= 11 is 0. The second kappa shape index (κ2) is 3.93. The van der Waals surface area contributed by atoms with E-state index < -0.39 is 12.7 Å². The highest BCUT2D eigenvalue weighted by Gasteiger charge is 2.30. The van der Waals surface area contributed by atoms with Crippen molar-refractivity contribution in [2.75, 3.05) is 17.3 Å². The number of hydrogen-bond donors (Lipinski definition) is 2. The molecule has 0 atom stereocenters. The smallest absolute Gasteiger partial charge is 0.396 e. The van der Waals surface area contributed by atoms with Crippen LogP contribution in [0.2, 0.25) is 0 Å². The summed E-state index contributed by atoms with van der Waals surface area (Å²) in [6.07, 6.45) is -4.38. The van der Waals surface area contributed by atoms with Gasteiger partial charge in [0.05, 0.1) is 5.69 Å². The fourth-order valence-corrected chi connectivity index (χ4v) is 1.05. The molecule has 1 rings (SSSR count). The van der Waals surface area contributed by atoms with Crippen molar-refractivity contribution in [1.82, 2.24) is 4.98 Å². The van der Waals surface area contributed by atoms with Crippen LogP contribution in [0.4, 0.5) is 24.7 Å². The molecule has 0 saturated carbocycles. The Bertz CT molecular complexity index is 350. The molecule has 0 radical (unpaired) electrons. The largest absolute Gasteiger partial charge is 0.407 e. The van der Waals surface area contributed by atoms with Crippen LogP contribution in [0.5, 0.6) is 0 Å². The van der Waals surface area contributed by atoms with E-state index in [0.717, 1.165) is 0 Å². The molecule has 0 aromatic carbocycles. The van der Waals surface area contributed by atoms with Crippen LogP contribution in [0.1, 0.15) is 5.69 Å². The van der Waals surface area contributed by atoms with E-state index in [1.165, 1.54) is 6.07 Å². The number of nitrogens with zero attached hydrogens (tertiary/aromatic N) is 2. The van der Waals surface area contributed by atoms with Gasteiger partial charge < -0.3 is 5.73 Å². The van der Waals surface area contributed by atoms with Crippen molar-refractivity contribution in [2.45, 2.75) is 13.1 Å². The second-order valence-corrected chi connectivity index (χ2v) is 3.11. The molecule has 0 amide bonds. The van der Waals surface area contributed by atoms with Crippen molar-refractivity contribution in [3.8, 4) is 0 Å². The number of aryl methyl sites for hydroxylation is 1. The molecule has 1 aromatic rings. The van der Waals surface area contributed by atoms with E-state index in [4.69, 9.17) is 11.6 Å². The van der Waals surface area contributed by atoms with Crippen molar-refractivity contribution in [1.29, 1.82) is 0 Å². The van der Waals surface area contributed by atoms with Crippen LogP contribution in [-0.4, -0.2) is 17.7 Å². The molecule has 0 aliphatic carbocycles. The molecule has 1 aromatic heterocycles. The summed E-state index contributed by atoms with van der Waals surface area (Å²) in [5, 5.41) is 0.488. The number of hydrazine groups is 1. The highest BCUT2D eigenvalue weighted by atomic mass is 19.4. The molecule has 4 nitrogen and oxygen atoms in total. The van der Waals surface area contributed by atoms with E-state index in [9.17, 15) is 13.2 Å². The summed E-state index contributed by atoms with van der Waals surface area (Å²) < 4.78 is 36.1. The van der Waals surface area contributed by atoms with Crippen molar-refractivity contribution in [3.63, 3.8) is 0 Å². The van der Waals surface area contributed by atoms with Gasteiger partial charge in [0.25, 0.3) is 0 Å². The van der Waals surface area contributed by atoms with Gasteiger partial charge in [-0.25, -0.2) is 10.8 Å². The van der Waals surface area contributed by atoms with Gasteiger partial charge in [-0.15, -0.1) is 0 Å². The third-order valence-electron chi connectivity index (χ3n) is 1.67. The average molecular weight is 220 g/mol. The Morgan fingerprint density at radius 3 is 2.53 bits per heavy atom. The van der Waals surface area contributed by atoms with Gasteiger partial charge in [-0.1, -0.05) is 0 Å². The normalized spacial score (nSPS) is 11.5. The van der Waals surface area contributed by atoms with Crippen LogP contribution >= 0.6 is 0 Å². The average Bonchev–Trinajstić information content (AvgIpc) is 2.06. The monoisotopic (exact) mass is 220 g/mol. The molecule has 0 aliphatic heterocycles. The van der Waals surface area contributed by atoms with Crippen LogP contribution in [0, 0.1) is 6.92 Å². The predicted molar refractivity (Wildman–Crippen MR) is 51.0 cm³/mol. The summed E-state index contributed by atoms with van der Waals surface area (Å²) in [6, 6.07) is 3.06. The first-order valence-corrected chi connectivity index (χ1v) is 4.12. The van der Waals surface area contributed by atoms with E-state index in [-0.39, 0.29) is 11.5 Å². The van der Waals surface area contributed by atoms with Gasteiger partial charge in [0.2, 0.25) is 0 Å². The van der Waals surface area contributed by atoms with Gasteiger partial charge in [0, 0.05) is 5.69 Å². The lowest BCUT2D eigenvalue weighted by atomic mass is 10.3. The van der Waals surface area contributed by atoms with Gasteiger partial charge >= 0.3 is 6.18 Å². The molecular formula is C8H11F3N4. The fraction of sp³-hybridized carbons (Fsp3) is 0.375. The van der Waals surface area contributed by atoms with Crippen molar-refractivity contribution in [3.05, 3.63) is 17.8 Å². The molecule has 0 fully saturated rings. The summed E-state index contributed by atoms with van der Waals surface area (Å²) in [4.78, 5) is 3.83. The van der Waals surface area contributed by atoms with Crippen molar-refractivity contribution >= 4 is 11.5 Å². The highest BCUT2D eigenvalue weighted by Crippen LogP contribution is 2.22. The van der Waals surface area contributed by atoms with Gasteiger partial charge in [-0.05, 0) is 19.1 Å². The molecule has 0 bridgehead atoms. The minimum atomic E-state index is -4.38. The van der Waals surface area contributed by atoms with Crippen LogP contribution in [0.15, 0.2) is 12.1 Å². The maximum Gasteiger partial charge on any atom is 0.407 e. The molecule has 4 N–H and O–H groups in total. The first-order chi connectivity index (χ1) is 6.79. The summed E-state index contributed by atoms with van der Waals surface area (Å²) in [5.74, 6) is 5.16. The molecule has 7 heteroatoms.